The molecule has 0 amide bonds. The Labute approximate surface area is 502 Å². The quantitative estimate of drug-likeness (QED) is 0.0646. The SMILES string of the molecule is CC(=O)O[C@@H]1[C@@H](O[C@@H]2[C@@H](O[C@H]3[C@H](O)[C@@H](CO)O[C@H](O)[C@H]3OC(C)=O)O[C@H](COC(=O)c3ccccc3)[C@@H](OC(=O)c3ccccc3)[C@@H]2OC(=O)c2ccccc2)O[C@H](COC(=O)c2ccccc2)[C@@H](OC(=O)c2ccccc2)[C@@H]1OC(=O)c1ccccc1. The van der Waals surface area contributed by atoms with Crippen LogP contribution < -0.4 is 0 Å². The maximum absolute atomic E-state index is 14.7. The number of hydrogen-bond donors (Lipinski definition) is 3. The Morgan fingerprint density at radius 3 is 0.977 bits per heavy atom. The van der Waals surface area contributed by atoms with Crippen LogP contribution in [-0.2, 0) is 71.2 Å². The van der Waals surface area contributed by atoms with Gasteiger partial charge in [0, 0.05) is 13.8 Å². The van der Waals surface area contributed by atoms with Crippen molar-refractivity contribution in [3.63, 3.8) is 0 Å². The average Bonchev–Trinajstić information content (AvgIpc) is 1.08. The van der Waals surface area contributed by atoms with Gasteiger partial charge in [-0.2, -0.15) is 0 Å². The van der Waals surface area contributed by atoms with Crippen LogP contribution in [0.2, 0.25) is 0 Å². The van der Waals surface area contributed by atoms with Gasteiger partial charge in [-0.3, -0.25) is 9.59 Å². The predicted molar refractivity (Wildman–Crippen MR) is 298 cm³/mol. The number of aliphatic hydroxyl groups is 3. The van der Waals surface area contributed by atoms with Crippen LogP contribution in [0, 0.1) is 0 Å². The van der Waals surface area contributed by atoms with Gasteiger partial charge in [0.15, 0.2) is 61.6 Å². The third-order valence-electron chi connectivity index (χ3n) is 14.0. The molecule has 3 aliphatic heterocycles. The number of ether oxygens (including phenoxy) is 13. The predicted octanol–water partition coefficient (Wildman–Crippen LogP) is 4.76. The third-order valence-corrected chi connectivity index (χ3v) is 14.0. The van der Waals surface area contributed by atoms with Crippen LogP contribution in [0.4, 0.5) is 0 Å². The van der Waals surface area contributed by atoms with Crippen molar-refractivity contribution in [3.05, 3.63) is 215 Å². The van der Waals surface area contributed by atoms with Crippen LogP contribution in [0.25, 0.3) is 0 Å². The van der Waals surface area contributed by atoms with Crippen molar-refractivity contribution >= 4 is 47.8 Å². The second-order valence-electron chi connectivity index (χ2n) is 20.0. The van der Waals surface area contributed by atoms with E-state index in [-0.39, 0.29) is 33.4 Å². The first-order valence-corrected chi connectivity index (χ1v) is 27.6. The van der Waals surface area contributed by atoms with E-state index in [2.05, 4.69) is 0 Å². The number of benzene rings is 6. The third kappa shape index (κ3) is 15.8. The minimum Gasteiger partial charge on any atom is -0.459 e. The highest BCUT2D eigenvalue weighted by Gasteiger charge is 2.60. The van der Waals surface area contributed by atoms with Crippen molar-refractivity contribution in [2.24, 2.45) is 0 Å². The van der Waals surface area contributed by atoms with Crippen LogP contribution in [0.15, 0.2) is 182 Å². The molecule has 0 aliphatic carbocycles. The molecule has 0 unspecified atom stereocenters. The highest BCUT2D eigenvalue weighted by atomic mass is 16.8. The van der Waals surface area contributed by atoms with Crippen LogP contribution in [0.1, 0.15) is 76.0 Å². The van der Waals surface area contributed by atoms with Crippen LogP contribution in [0.3, 0.4) is 0 Å². The smallest absolute Gasteiger partial charge is 0.338 e. The molecule has 3 aliphatic rings. The molecule has 0 bridgehead atoms. The van der Waals surface area contributed by atoms with Crippen molar-refractivity contribution in [1.82, 2.24) is 0 Å². The number of aliphatic hydroxyl groups excluding tert-OH is 3. The van der Waals surface area contributed by atoms with E-state index in [1.54, 1.807) is 60.7 Å². The van der Waals surface area contributed by atoms with E-state index in [0.717, 1.165) is 13.8 Å². The number of carbonyl (C=O) groups excluding carboxylic acids is 8. The van der Waals surface area contributed by atoms with E-state index < -0.39 is 160 Å². The Morgan fingerprint density at radius 2 is 0.636 bits per heavy atom. The fourth-order valence-electron chi connectivity index (χ4n) is 9.79. The summed E-state index contributed by atoms with van der Waals surface area (Å²) < 4.78 is 80.0. The zero-order chi connectivity index (χ0) is 62.3. The molecule has 3 heterocycles. The summed E-state index contributed by atoms with van der Waals surface area (Å²) in [5.41, 5.74) is -0.109. The van der Waals surface area contributed by atoms with E-state index in [1.165, 1.54) is 121 Å². The maximum Gasteiger partial charge on any atom is 0.338 e. The second kappa shape index (κ2) is 29.9. The number of esters is 8. The summed E-state index contributed by atoms with van der Waals surface area (Å²) in [4.78, 5) is 112. The minimum atomic E-state index is -2.25. The zero-order valence-electron chi connectivity index (χ0n) is 47.0. The van der Waals surface area contributed by atoms with Crippen molar-refractivity contribution in [1.29, 1.82) is 0 Å². The molecule has 88 heavy (non-hydrogen) atoms. The molecule has 0 radical (unpaired) electrons. The largest absolute Gasteiger partial charge is 0.459 e. The average molecular weight is 1210 g/mol. The van der Waals surface area contributed by atoms with Crippen molar-refractivity contribution in [2.75, 3.05) is 19.8 Å². The van der Waals surface area contributed by atoms with Gasteiger partial charge < -0.3 is 76.9 Å². The zero-order valence-corrected chi connectivity index (χ0v) is 47.0. The van der Waals surface area contributed by atoms with Crippen LogP contribution in [-0.4, -0.2) is 175 Å². The highest BCUT2D eigenvalue weighted by molar-refractivity contribution is 5.92. The maximum atomic E-state index is 14.7. The molecule has 15 atom stereocenters. The Morgan fingerprint density at radius 1 is 0.341 bits per heavy atom. The van der Waals surface area contributed by atoms with Crippen LogP contribution in [0.5, 0.6) is 0 Å². The lowest BCUT2D eigenvalue weighted by molar-refractivity contribution is -0.386. The topological polar surface area (TPSA) is 317 Å². The molecule has 3 fully saturated rings. The van der Waals surface area contributed by atoms with Gasteiger partial charge in [-0.15, -0.1) is 0 Å². The summed E-state index contributed by atoms with van der Waals surface area (Å²) in [5, 5.41) is 33.6. The van der Waals surface area contributed by atoms with Gasteiger partial charge in [0.05, 0.1) is 40.0 Å². The summed E-state index contributed by atoms with van der Waals surface area (Å²) >= 11 is 0. The first-order valence-electron chi connectivity index (χ1n) is 27.6. The Hall–Kier alpha value is -9.24. The van der Waals surface area contributed by atoms with Gasteiger partial charge in [0.25, 0.3) is 0 Å². The fraction of sp³-hybridized carbons (Fsp3) is 0.312. The van der Waals surface area contributed by atoms with Gasteiger partial charge in [-0.05, 0) is 72.8 Å². The monoisotopic (exact) mass is 1210 g/mol. The van der Waals surface area contributed by atoms with Crippen molar-refractivity contribution < 1.29 is 115 Å². The van der Waals surface area contributed by atoms with E-state index in [9.17, 15) is 53.7 Å². The lowest BCUT2D eigenvalue weighted by Gasteiger charge is -2.50. The molecule has 0 aromatic heterocycles. The second-order valence-corrected chi connectivity index (χ2v) is 20.0. The molecule has 460 valence electrons. The molecule has 6 aromatic rings. The standard InChI is InChI=1S/C64H60O24/c1-36(66)78-53-50(47(68)44(33-65)80-62(53)75)87-64-55(52(86-61(74)43-31-19-8-20-32-43)49(84-59(72)41-27-15-6-16-28-41)46(82-64)35-77-57(70)39-23-11-4-12-24-39)88-63-54(79-37(2)67)51(85-60(73)42-29-17-7-18-30-42)48(83-58(71)40-25-13-5-14-26-40)45(81-63)34-76-56(69)38-21-9-3-10-22-38/h3-32,44-55,62-65,68,75H,33-35H2,1-2H3/t44-,45-,46-,47-,48-,49-,50+,51+,52+,53+,54+,55+,62+,63-,64-/m1/s1. The summed E-state index contributed by atoms with van der Waals surface area (Å²) in [6.07, 6.45) is -30.2. The molecule has 6 aromatic carbocycles. The molecule has 0 spiro atoms. The number of hydrogen-bond acceptors (Lipinski definition) is 24. The molecule has 9 rings (SSSR count). The van der Waals surface area contributed by atoms with Gasteiger partial charge in [0.1, 0.15) is 43.7 Å². The molecular weight excluding hydrogens is 1150 g/mol. The molecule has 3 N–H and O–H groups in total. The van der Waals surface area contributed by atoms with Crippen molar-refractivity contribution in [2.45, 2.75) is 106 Å². The number of carbonyl (C=O) groups is 8. The van der Waals surface area contributed by atoms with Gasteiger partial charge in [0.2, 0.25) is 0 Å². The molecule has 0 saturated carbocycles. The number of rotatable bonds is 21. The Bertz CT molecular complexity index is 3320. The Balaban J connectivity index is 1.23. The normalized spacial score (nSPS) is 26.6. The van der Waals surface area contributed by atoms with E-state index >= 15 is 0 Å². The molecular formula is C64H60O24. The molecule has 3 saturated heterocycles. The van der Waals surface area contributed by atoms with Gasteiger partial charge in [-0.25, -0.2) is 28.8 Å². The molecule has 24 heteroatoms. The van der Waals surface area contributed by atoms with Gasteiger partial charge >= 0.3 is 47.8 Å². The van der Waals surface area contributed by atoms with E-state index in [4.69, 9.17) is 61.6 Å². The summed E-state index contributed by atoms with van der Waals surface area (Å²) in [7, 11) is 0. The lowest BCUT2D eigenvalue weighted by atomic mass is 9.95. The van der Waals surface area contributed by atoms with Gasteiger partial charge in [-0.1, -0.05) is 109 Å². The van der Waals surface area contributed by atoms with E-state index in [1.807, 2.05) is 0 Å². The lowest BCUT2D eigenvalue weighted by Crippen LogP contribution is -2.69. The first-order chi connectivity index (χ1) is 42.6. The van der Waals surface area contributed by atoms with Crippen LogP contribution >= 0.6 is 0 Å². The Kier molecular flexibility index (Phi) is 21.5. The highest BCUT2D eigenvalue weighted by Crippen LogP contribution is 2.39. The minimum absolute atomic E-state index is 0.0171. The summed E-state index contributed by atoms with van der Waals surface area (Å²) in [6, 6.07) is 45.1. The summed E-state index contributed by atoms with van der Waals surface area (Å²) in [6.45, 7) is -0.719. The fourth-order valence-corrected chi connectivity index (χ4v) is 9.79. The van der Waals surface area contributed by atoms with E-state index in [0.29, 0.717) is 0 Å². The summed E-state index contributed by atoms with van der Waals surface area (Å²) in [5.74, 6) is -8.26. The molecule has 24 nitrogen and oxygen atoms in total. The first kappa shape index (κ1) is 63.3. The van der Waals surface area contributed by atoms with Crippen molar-refractivity contribution in [3.8, 4) is 0 Å².